The molecule has 0 amide bonds. The lowest BCUT2D eigenvalue weighted by molar-refractivity contribution is 0.0359. The van der Waals surface area contributed by atoms with E-state index in [9.17, 15) is 0 Å². The van der Waals surface area contributed by atoms with Gasteiger partial charge in [-0.15, -0.1) is 0 Å². The van der Waals surface area contributed by atoms with Crippen LogP contribution in [0.2, 0.25) is 0 Å². The Balaban J connectivity index is 2.68. The minimum Gasteiger partial charge on any atom is -0.370 e. The molecule has 0 aliphatic heterocycles. The quantitative estimate of drug-likeness (QED) is 0.778. The first-order chi connectivity index (χ1) is 6.75. The van der Waals surface area contributed by atoms with E-state index in [0.717, 1.165) is 18.7 Å². The highest BCUT2D eigenvalue weighted by Crippen LogP contribution is 2.17. The topological polar surface area (TPSA) is 48.1 Å². The molecular formula is C11H18N2O. The van der Waals surface area contributed by atoms with Gasteiger partial charge >= 0.3 is 0 Å². The van der Waals surface area contributed by atoms with Crippen molar-refractivity contribution in [2.24, 2.45) is 5.73 Å². The Hall–Kier alpha value is -0.930. The van der Waals surface area contributed by atoms with Crippen molar-refractivity contribution in [2.45, 2.75) is 32.4 Å². The lowest BCUT2D eigenvalue weighted by atomic mass is 10.1. The van der Waals surface area contributed by atoms with Crippen molar-refractivity contribution < 1.29 is 4.74 Å². The molecule has 1 rings (SSSR count). The van der Waals surface area contributed by atoms with Crippen molar-refractivity contribution in [1.82, 2.24) is 4.98 Å². The molecule has 2 atom stereocenters. The Bertz CT molecular complexity index is 249. The normalized spacial score (nSPS) is 15.1. The molecule has 78 valence electrons. The number of ether oxygens (including phenoxy) is 1. The maximum Gasteiger partial charge on any atom is 0.114 e. The van der Waals surface area contributed by atoms with Crippen LogP contribution in [0, 0.1) is 0 Å². The second kappa shape index (κ2) is 5.73. The molecule has 2 N–H and O–H groups in total. The zero-order valence-electron chi connectivity index (χ0n) is 8.81. The summed E-state index contributed by atoms with van der Waals surface area (Å²) in [7, 11) is 0. The molecule has 0 fully saturated rings. The number of hydrogen-bond donors (Lipinski definition) is 1. The number of rotatable bonds is 5. The van der Waals surface area contributed by atoms with E-state index in [4.69, 9.17) is 10.5 Å². The van der Waals surface area contributed by atoms with E-state index in [1.165, 1.54) is 0 Å². The van der Waals surface area contributed by atoms with Crippen molar-refractivity contribution in [3.05, 3.63) is 30.1 Å². The molecule has 3 heteroatoms. The van der Waals surface area contributed by atoms with Crippen LogP contribution < -0.4 is 5.73 Å². The number of nitrogens with zero attached hydrogens (tertiary/aromatic N) is 1. The molecule has 0 aliphatic carbocycles. The zero-order valence-corrected chi connectivity index (χ0v) is 8.81. The monoisotopic (exact) mass is 194 g/mol. The molecule has 0 radical (unpaired) electrons. The number of aromatic nitrogens is 1. The van der Waals surface area contributed by atoms with Gasteiger partial charge in [-0.3, -0.25) is 4.98 Å². The summed E-state index contributed by atoms with van der Waals surface area (Å²) >= 11 is 0. The van der Waals surface area contributed by atoms with Crippen LogP contribution in [0.25, 0.3) is 0 Å². The van der Waals surface area contributed by atoms with E-state index in [1.54, 1.807) is 6.20 Å². The molecule has 2 unspecified atom stereocenters. The SMILES string of the molecule is CCCOC(c1ccccn1)C(C)N. The highest BCUT2D eigenvalue weighted by atomic mass is 16.5. The molecule has 0 bridgehead atoms. The third-order valence-electron chi connectivity index (χ3n) is 1.96. The van der Waals surface area contributed by atoms with E-state index in [-0.39, 0.29) is 12.1 Å². The van der Waals surface area contributed by atoms with Gasteiger partial charge in [0, 0.05) is 18.8 Å². The molecule has 3 nitrogen and oxygen atoms in total. The van der Waals surface area contributed by atoms with Gasteiger partial charge in [0.15, 0.2) is 0 Å². The van der Waals surface area contributed by atoms with Gasteiger partial charge in [-0.1, -0.05) is 13.0 Å². The molecule has 1 aromatic heterocycles. The predicted octanol–water partition coefficient (Wildman–Crippen LogP) is 1.90. The lowest BCUT2D eigenvalue weighted by Gasteiger charge is -2.20. The van der Waals surface area contributed by atoms with Gasteiger partial charge in [0.1, 0.15) is 6.10 Å². The zero-order chi connectivity index (χ0) is 10.4. The third kappa shape index (κ3) is 3.09. The fourth-order valence-electron chi connectivity index (χ4n) is 1.30. The first kappa shape index (κ1) is 11.1. The highest BCUT2D eigenvalue weighted by molar-refractivity contribution is 5.08. The summed E-state index contributed by atoms with van der Waals surface area (Å²) in [6.07, 6.45) is 2.67. The minimum atomic E-state index is -0.0869. The summed E-state index contributed by atoms with van der Waals surface area (Å²) in [5, 5.41) is 0. The van der Waals surface area contributed by atoms with Crippen molar-refractivity contribution in [1.29, 1.82) is 0 Å². The molecule has 1 heterocycles. The Morgan fingerprint density at radius 2 is 2.29 bits per heavy atom. The second-order valence-electron chi connectivity index (χ2n) is 3.41. The predicted molar refractivity (Wildman–Crippen MR) is 56.9 cm³/mol. The van der Waals surface area contributed by atoms with Crippen LogP contribution in [0.1, 0.15) is 32.1 Å². The summed E-state index contributed by atoms with van der Waals surface area (Å²) in [4.78, 5) is 4.25. The summed E-state index contributed by atoms with van der Waals surface area (Å²) in [5.74, 6) is 0. The van der Waals surface area contributed by atoms with Crippen LogP contribution in [0.5, 0.6) is 0 Å². The Kier molecular flexibility index (Phi) is 4.56. The van der Waals surface area contributed by atoms with Crippen LogP contribution in [-0.4, -0.2) is 17.6 Å². The van der Waals surface area contributed by atoms with Crippen molar-refractivity contribution in [3.63, 3.8) is 0 Å². The van der Waals surface area contributed by atoms with Crippen LogP contribution in [0.4, 0.5) is 0 Å². The van der Waals surface area contributed by atoms with Crippen molar-refractivity contribution >= 4 is 0 Å². The maximum absolute atomic E-state index is 5.84. The van der Waals surface area contributed by atoms with Crippen molar-refractivity contribution in [2.75, 3.05) is 6.61 Å². The van der Waals surface area contributed by atoms with Gasteiger partial charge in [0.05, 0.1) is 5.69 Å². The molecule has 0 aliphatic rings. The number of hydrogen-bond acceptors (Lipinski definition) is 3. The van der Waals surface area contributed by atoms with Crippen LogP contribution in [-0.2, 0) is 4.74 Å². The second-order valence-corrected chi connectivity index (χ2v) is 3.41. The van der Waals surface area contributed by atoms with E-state index in [0.29, 0.717) is 0 Å². The van der Waals surface area contributed by atoms with Gasteiger partial charge in [-0.05, 0) is 25.5 Å². The average Bonchev–Trinajstić information content (AvgIpc) is 2.19. The van der Waals surface area contributed by atoms with Gasteiger partial charge in [-0.25, -0.2) is 0 Å². The molecular weight excluding hydrogens is 176 g/mol. The summed E-state index contributed by atoms with van der Waals surface area (Å²) < 4.78 is 5.65. The van der Waals surface area contributed by atoms with Crippen LogP contribution in [0.15, 0.2) is 24.4 Å². The smallest absolute Gasteiger partial charge is 0.114 e. The standard InChI is InChI=1S/C11H18N2O/c1-3-8-14-11(9(2)12)10-6-4-5-7-13-10/h4-7,9,11H,3,8,12H2,1-2H3. The van der Waals surface area contributed by atoms with E-state index < -0.39 is 0 Å². The van der Waals surface area contributed by atoms with Crippen LogP contribution in [0.3, 0.4) is 0 Å². The fraction of sp³-hybridized carbons (Fsp3) is 0.545. The number of pyridine rings is 1. The first-order valence-electron chi connectivity index (χ1n) is 5.03. The van der Waals surface area contributed by atoms with Crippen molar-refractivity contribution in [3.8, 4) is 0 Å². The van der Waals surface area contributed by atoms with Gasteiger partial charge in [0.2, 0.25) is 0 Å². The molecule has 1 aromatic rings. The Morgan fingerprint density at radius 1 is 1.50 bits per heavy atom. The Labute approximate surface area is 85.3 Å². The first-order valence-corrected chi connectivity index (χ1v) is 5.03. The third-order valence-corrected chi connectivity index (χ3v) is 1.96. The fourth-order valence-corrected chi connectivity index (χ4v) is 1.30. The largest absolute Gasteiger partial charge is 0.370 e. The molecule has 0 spiro atoms. The number of nitrogens with two attached hydrogens (primary N) is 1. The van der Waals surface area contributed by atoms with Gasteiger partial charge in [0.25, 0.3) is 0 Å². The maximum atomic E-state index is 5.84. The highest BCUT2D eigenvalue weighted by Gasteiger charge is 2.17. The summed E-state index contributed by atoms with van der Waals surface area (Å²) in [6.45, 7) is 4.74. The van der Waals surface area contributed by atoms with E-state index in [1.807, 2.05) is 25.1 Å². The summed E-state index contributed by atoms with van der Waals surface area (Å²) in [6, 6.07) is 5.76. The van der Waals surface area contributed by atoms with Crippen LogP contribution >= 0.6 is 0 Å². The van der Waals surface area contributed by atoms with Gasteiger partial charge in [-0.2, -0.15) is 0 Å². The Morgan fingerprint density at radius 3 is 2.79 bits per heavy atom. The molecule has 0 saturated heterocycles. The average molecular weight is 194 g/mol. The molecule has 0 aromatic carbocycles. The minimum absolute atomic E-state index is 0.0311. The van der Waals surface area contributed by atoms with E-state index in [2.05, 4.69) is 11.9 Å². The van der Waals surface area contributed by atoms with Gasteiger partial charge < -0.3 is 10.5 Å². The molecule has 14 heavy (non-hydrogen) atoms. The lowest BCUT2D eigenvalue weighted by Crippen LogP contribution is -2.27. The van der Waals surface area contributed by atoms with E-state index >= 15 is 0 Å². The molecule has 0 saturated carbocycles. The summed E-state index contributed by atoms with van der Waals surface area (Å²) in [5.41, 5.74) is 6.76.